The zero-order valence-electron chi connectivity index (χ0n) is 20.2. The molecule has 1 amide bonds. The summed E-state index contributed by atoms with van der Waals surface area (Å²) in [7, 11) is 1.28. The molecule has 0 saturated heterocycles. The third kappa shape index (κ3) is 5.69. The van der Waals surface area contributed by atoms with Crippen LogP contribution >= 0.6 is 0 Å². The van der Waals surface area contributed by atoms with Crippen LogP contribution in [0.2, 0.25) is 0 Å². The van der Waals surface area contributed by atoms with Gasteiger partial charge in [-0.2, -0.15) is 0 Å². The van der Waals surface area contributed by atoms with Crippen molar-refractivity contribution in [3.8, 4) is 0 Å². The number of fused-ring (bicyclic) bond motifs is 1. The van der Waals surface area contributed by atoms with Crippen LogP contribution in [0.1, 0.15) is 38.9 Å². The molecule has 0 unspecified atom stereocenters. The molecule has 188 valence electrons. The number of carbonyl (C=O) groups excluding carboxylic acids is 3. The molecule has 0 spiro atoms. The van der Waals surface area contributed by atoms with Crippen LogP contribution in [-0.2, 0) is 20.9 Å². The van der Waals surface area contributed by atoms with Crippen LogP contribution in [0.15, 0.2) is 70.2 Å². The molecule has 4 rings (SSSR count). The van der Waals surface area contributed by atoms with Gasteiger partial charge in [-0.15, -0.1) is 0 Å². The van der Waals surface area contributed by atoms with Crippen molar-refractivity contribution in [3.63, 3.8) is 0 Å². The van der Waals surface area contributed by atoms with Crippen LogP contribution < -0.4 is 10.9 Å². The van der Waals surface area contributed by atoms with Crippen molar-refractivity contribution in [1.29, 1.82) is 0 Å². The molecule has 0 saturated carbocycles. The molecule has 0 aliphatic rings. The van der Waals surface area contributed by atoms with Gasteiger partial charge in [0.1, 0.15) is 18.0 Å². The molecule has 0 fully saturated rings. The smallest absolute Gasteiger partial charge is 0.337 e. The molecular formula is C27H22FN3O6. The number of hydrogen-bond acceptors (Lipinski definition) is 8. The number of halogens is 1. The maximum Gasteiger partial charge on any atom is 0.337 e. The first-order chi connectivity index (χ1) is 17.8. The highest BCUT2D eigenvalue weighted by molar-refractivity contribution is 6.05. The summed E-state index contributed by atoms with van der Waals surface area (Å²) in [5, 5.41) is 3.02. The number of para-hydroxylation sites is 1. The molecule has 1 N–H and O–H groups in total. The molecule has 0 aliphatic heterocycles. The van der Waals surface area contributed by atoms with Gasteiger partial charge in [-0.1, -0.05) is 12.1 Å². The Balaban J connectivity index is 1.88. The van der Waals surface area contributed by atoms with Gasteiger partial charge in [-0.05, 0) is 49.4 Å². The molecule has 0 atom stereocenters. The van der Waals surface area contributed by atoms with Crippen molar-refractivity contribution in [2.75, 3.05) is 12.4 Å². The third-order valence-corrected chi connectivity index (χ3v) is 5.37. The van der Waals surface area contributed by atoms with Gasteiger partial charge >= 0.3 is 11.9 Å². The predicted octanol–water partition coefficient (Wildman–Crippen LogP) is 4.61. The number of pyridine rings is 1. The van der Waals surface area contributed by atoms with Gasteiger partial charge in [0.2, 0.25) is 5.55 Å². The number of nitrogens with zero attached hydrogens (tertiary/aromatic N) is 2. The number of ether oxygens (including phenoxy) is 2. The second kappa shape index (κ2) is 10.8. The van der Waals surface area contributed by atoms with E-state index < -0.39 is 23.7 Å². The number of benzene rings is 2. The predicted molar refractivity (Wildman–Crippen MR) is 132 cm³/mol. The Morgan fingerprint density at radius 2 is 1.84 bits per heavy atom. The largest absolute Gasteiger partial charge is 0.465 e. The van der Waals surface area contributed by atoms with Crippen molar-refractivity contribution in [3.05, 3.63) is 94.5 Å². The third-order valence-electron chi connectivity index (χ3n) is 5.37. The van der Waals surface area contributed by atoms with Crippen molar-refractivity contribution in [1.82, 2.24) is 4.98 Å². The zero-order valence-corrected chi connectivity index (χ0v) is 20.2. The summed E-state index contributed by atoms with van der Waals surface area (Å²) in [6.07, 6.45) is 1.52. The molecule has 2 aromatic heterocycles. The van der Waals surface area contributed by atoms with Crippen LogP contribution in [0, 0.1) is 12.7 Å². The highest BCUT2D eigenvalue weighted by Gasteiger charge is 2.18. The minimum Gasteiger partial charge on any atom is -0.465 e. The number of aromatic nitrogens is 1. The number of rotatable bonds is 6. The number of esters is 2. The molecule has 2 heterocycles. The zero-order chi connectivity index (χ0) is 26.5. The summed E-state index contributed by atoms with van der Waals surface area (Å²) in [6.45, 7) is 2.91. The normalized spacial score (nSPS) is 11.3. The average molecular weight is 503 g/mol. The molecule has 0 aliphatic carbocycles. The summed E-state index contributed by atoms with van der Waals surface area (Å²) < 4.78 is 30.1. The maximum absolute atomic E-state index is 14.2. The molecule has 9 nitrogen and oxygen atoms in total. The molecule has 37 heavy (non-hydrogen) atoms. The Morgan fingerprint density at radius 1 is 1.11 bits per heavy atom. The molecule has 10 heteroatoms. The number of methoxy groups -OCH3 is 1. The lowest BCUT2D eigenvalue weighted by atomic mass is 10.1. The molecule has 0 bridgehead atoms. The van der Waals surface area contributed by atoms with E-state index in [2.05, 4.69) is 15.3 Å². The van der Waals surface area contributed by atoms with Crippen molar-refractivity contribution in [2.45, 2.75) is 20.5 Å². The van der Waals surface area contributed by atoms with E-state index in [4.69, 9.17) is 13.9 Å². The quantitative estimate of drug-likeness (QED) is 0.382. The Morgan fingerprint density at radius 3 is 2.51 bits per heavy atom. The number of aryl methyl sites for hydroxylation is 1. The number of amides is 1. The van der Waals surface area contributed by atoms with Crippen molar-refractivity contribution in [2.24, 2.45) is 4.99 Å². The fourth-order valence-corrected chi connectivity index (χ4v) is 3.49. The highest BCUT2D eigenvalue weighted by Crippen LogP contribution is 2.23. The maximum atomic E-state index is 14.2. The molecule has 0 radical (unpaired) electrons. The average Bonchev–Trinajstić information content (AvgIpc) is 2.89. The lowest BCUT2D eigenvalue weighted by Crippen LogP contribution is -2.22. The van der Waals surface area contributed by atoms with Gasteiger partial charge in [-0.25, -0.2) is 14.2 Å². The minimum absolute atomic E-state index is 0.00229. The fraction of sp³-hybridized carbons (Fsp3) is 0.148. The van der Waals surface area contributed by atoms with Gasteiger partial charge in [0.25, 0.3) is 5.91 Å². The molecule has 2 aromatic carbocycles. The van der Waals surface area contributed by atoms with E-state index in [-0.39, 0.29) is 23.4 Å². The number of anilines is 1. The Hall–Kier alpha value is -4.86. The number of carbonyl (C=O) groups is 3. The van der Waals surface area contributed by atoms with E-state index in [1.807, 2.05) is 0 Å². The second-order valence-electron chi connectivity index (χ2n) is 7.94. The highest BCUT2D eigenvalue weighted by atomic mass is 19.1. The van der Waals surface area contributed by atoms with Gasteiger partial charge in [-0.3, -0.25) is 14.6 Å². The Kier molecular flexibility index (Phi) is 7.38. The van der Waals surface area contributed by atoms with Crippen molar-refractivity contribution < 1.29 is 32.7 Å². The van der Waals surface area contributed by atoms with Gasteiger partial charge in [0.15, 0.2) is 5.58 Å². The lowest BCUT2D eigenvalue weighted by molar-refractivity contribution is -0.142. The standard InChI is InChI=1S/C27H22FN3O6/c1-15-24-20(18(13-29-15)14-36-16(2)32)12-21(25(33)31-23-7-5-4-6-22(23)28)26(37-24)30-19-10-8-17(9-11-19)27(34)35-3/h4-13H,14H2,1-3H3,(H,31,33). The fourth-order valence-electron chi connectivity index (χ4n) is 3.49. The summed E-state index contributed by atoms with van der Waals surface area (Å²) >= 11 is 0. The SMILES string of the molecule is COC(=O)c1ccc(N=c2oc3c(C)ncc(COC(C)=O)c3cc2C(=O)Nc2ccccc2F)cc1. The monoisotopic (exact) mass is 503 g/mol. The van der Waals surface area contributed by atoms with E-state index in [0.717, 1.165) is 0 Å². The van der Waals surface area contributed by atoms with E-state index >= 15 is 0 Å². The Bertz CT molecular complexity index is 1580. The van der Waals surface area contributed by atoms with Crippen LogP contribution in [-0.4, -0.2) is 29.9 Å². The number of hydrogen-bond donors (Lipinski definition) is 1. The van der Waals surface area contributed by atoms with Crippen LogP contribution in [0.5, 0.6) is 0 Å². The summed E-state index contributed by atoms with van der Waals surface area (Å²) in [5.74, 6) is -2.27. The lowest BCUT2D eigenvalue weighted by Gasteiger charge is -2.11. The number of nitrogens with one attached hydrogen (secondary N) is 1. The molecule has 4 aromatic rings. The summed E-state index contributed by atoms with van der Waals surface area (Å²) in [4.78, 5) is 45.2. The van der Waals surface area contributed by atoms with E-state index in [1.54, 1.807) is 25.1 Å². The van der Waals surface area contributed by atoms with Gasteiger partial charge in [0, 0.05) is 24.1 Å². The summed E-state index contributed by atoms with van der Waals surface area (Å²) in [6, 6.07) is 13.4. The first-order valence-corrected chi connectivity index (χ1v) is 11.1. The molecular weight excluding hydrogens is 481 g/mol. The first kappa shape index (κ1) is 25.2. The van der Waals surface area contributed by atoms with Crippen LogP contribution in [0.3, 0.4) is 0 Å². The van der Waals surface area contributed by atoms with Gasteiger partial charge in [0.05, 0.1) is 29.7 Å². The van der Waals surface area contributed by atoms with E-state index in [0.29, 0.717) is 33.5 Å². The van der Waals surface area contributed by atoms with Crippen LogP contribution in [0.4, 0.5) is 15.8 Å². The second-order valence-corrected chi connectivity index (χ2v) is 7.94. The first-order valence-electron chi connectivity index (χ1n) is 11.1. The van der Waals surface area contributed by atoms with Crippen molar-refractivity contribution >= 4 is 40.2 Å². The van der Waals surface area contributed by atoms with Gasteiger partial charge < -0.3 is 19.2 Å². The summed E-state index contributed by atoms with van der Waals surface area (Å²) in [5.41, 5.74) is 1.98. The minimum atomic E-state index is -0.673. The van der Waals surface area contributed by atoms with E-state index in [9.17, 15) is 18.8 Å². The Labute approximate surface area is 210 Å². The van der Waals surface area contributed by atoms with Crippen LogP contribution in [0.25, 0.3) is 11.0 Å². The topological polar surface area (TPSA) is 120 Å². The van der Waals surface area contributed by atoms with E-state index in [1.165, 1.54) is 56.6 Å².